The van der Waals surface area contributed by atoms with E-state index in [-0.39, 0.29) is 19.6 Å². The smallest absolute Gasteiger partial charge is 0.413 e. The molecule has 0 aromatic heterocycles. The molecule has 0 aliphatic heterocycles. The van der Waals surface area contributed by atoms with E-state index in [0.717, 1.165) is 0 Å². The highest BCUT2D eigenvalue weighted by molar-refractivity contribution is 8.76. The topological polar surface area (TPSA) is 120 Å². The predicted octanol–water partition coefficient (Wildman–Crippen LogP) is 5.12. The van der Waals surface area contributed by atoms with Gasteiger partial charge in [0, 0.05) is 17.2 Å². The molecule has 2 aromatic rings. The van der Waals surface area contributed by atoms with E-state index in [1.165, 1.54) is 21.6 Å². The lowest BCUT2D eigenvalue weighted by molar-refractivity contribution is -0.756. The van der Waals surface area contributed by atoms with Gasteiger partial charge < -0.3 is 14.9 Å². The summed E-state index contributed by atoms with van der Waals surface area (Å²) in [6.07, 6.45) is -0.918. The van der Waals surface area contributed by atoms with Crippen LogP contribution in [0.5, 0.6) is 0 Å². The van der Waals surface area contributed by atoms with Crippen molar-refractivity contribution in [1.82, 2.24) is 5.32 Å². The van der Waals surface area contributed by atoms with Crippen LogP contribution in [0.3, 0.4) is 0 Å². The zero-order valence-corrected chi connectivity index (χ0v) is 19.7. The van der Waals surface area contributed by atoms with Crippen LogP contribution in [-0.2, 0) is 20.8 Å². The molecule has 2 amide bonds. The number of amides is 2. The normalized spacial score (nSPS) is 10.3. The number of hydrogen-bond acceptors (Lipinski definition) is 9. The molecule has 0 saturated heterocycles. The van der Waals surface area contributed by atoms with Crippen LogP contribution < -0.4 is 10.6 Å². The van der Waals surface area contributed by atoms with Crippen LogP contribution in [0.2, 0.25) is 10.0 Å². The molecule has 0 atom stereocenters. The van der Waals surface area contributed by atoms with Gasteiger partial charge in [-0.05, 0) is 23.8 Å². The highest BCUT2D eigenvalue weighted by Crippen LogP contribution is 2.33. The Balaban J connectivity index is 1.76. The zero-order valence-electron chi connectivity index (χ0n) is 16.5. The van der Waals surface area contributed by atoms with E-state index in [9.17, 15) is 19.7 Å². The summed E-state index contributed by atoms with van der Waals surface area (Å²) in [5, 5.41) is 15.3. The standard InChI is InChI=1S/C19H19Cl2N3O6S2/c20-14-5-3-6-15(21)18(14)22-16-7-2-1-4-13(16)12-17(25)23-19(26)29-8-10-31-32-11-9-30-24(27)28/h1-7,22H,8-12H2,(H,23,25,26). The van der Waals surface area contributed by atoms with Crippen LogP contribution in [0.15, 0.2) is 42.5 Å². The number of anilines is 2. The van der Waals surface area contributed by atoms with Gasteiger partial charge in [-0.1, -0.05) is 69.1 Å². The Morgan fingerprint density at radius 2 is 1.66 bits per heavy atom. The summed E-state index contributed by atoms with van der Waals surface area (Å²) in [7, 11) is 2.72. The second-order valence-corrected chi connectivity index (χ2v) is 9.46. The number of nitrogens with zero attached hydrogens (tertiary/aromatic N) is 1. The fourth-order valence-electron chi connectivity index (χ4n) is 2.35. The molecule has 9 nitrogen and oxygen atoms in total. The van der Waals surface area contributed by atoms with Gasteiger partial charge in [-0.3, -0.25) is 10.1 Å². The number of para-hydroxylation sites is 2. The van der Waals surface area contributed by atoms with Crippen LogP contribution in [0, 0.1) is 10.1 Å². The van der Waals surface area contributed by atoms with E-state index in [4.69, 9.17) is 27.9 Å². The number of hydrogen-bond donors (Lipinski definition) is 2. The van der Waals surface area contributed by atoms with Gasteiger partial charge in [0.1, 0.15) is 13.2 Å². The van der Waals surface area contributed by atoms with Gasteiger partial charge >= 0.3 is 6.09 Å². The maximum atomic E-state index is 12.3. The van der Waals surface area contributed by atoms with Crippen molar-refractivity contribution in [2.24, 2.45) is 0 Å². The first-order chi connectivity index (χ1) is 15.4. The molecule has 172 valence electrons. The lowest BCUT2D eigenvalue weighted by Gasteiger charge is -2.14. The molecular weight excluding hydrogens is 501 g/mol. The van der Waals surface area contributed by atoms with Crippen molar-refractivity contribution in [2.75, 3.05) is 30.0 Å². The average Bonchev–Trinajstić information content (AvgIpc) is 2.73. The lowest BCUT2D eigenvalue weighted by atomic mass is 10.1. The maximum absolute atomic E-state index is 12.3. The van der Waals surface area contributed by atoms with Crippen molar-refractivity contribution in [2.45, 2.75) is 6.42 Å². The summed E-state index contributed by atoms with van der Waals surface area (Å²) in [5.41, 5.74) is 1.78. The van der Waals surface area contributed by atoms with Crippen LogP contribution in [-0.4, -0.2) is 41.8 Å². The summed E-state index contributed by atoms with van der Waals surface area (Å²) in [5.74, 6) is 0.340. The predicted molar refractivity (Wildman–Crippen MR) is 127 cm³/mol. The summed E-state index contributed by atoms with van der Waals surface area (Å²) >= 11 is 12.4. The largest absolute Gasteiger partial charge is 0.448 e. The SMILES string of the molecule is O=C(Cc1ccccc1Nc1c(Cl)cccc1Cl)NC(=O)OCCSSCCO[N+](=O)[O-]. The summed E-state index contributed by atoms with van der Waals surface area (Å²) in [4.78, 5) is 38.2. The molecule has 2 N–H and O–H groups in total. The maximum Gasteiger partial charge on any atom is 0.413 e. The Morgan fingerprint density at radius 3 is 2.34 bits per heavy atom. The van der Waals surface area contributed by atoms with Crippen LogP contribution in [0.1, 0.15) is 5.56 Å². The van der Waals surface area contributed by atoms with E-state index >= 15 is 0 Å². The summed E-state index contributed by atoms with van der Waals surface area (Å²) in [6, 6.07) is 12.2. The van der Waals surface area contributed by atoms with Crippen molar-refractivity contribution >= 4 is 68.2 Å². The molecule has 0 aliphatic rings. The number of benzene rings is 2. The average molecular weight is 520 g/mol. The third-order valence-electron chi connectivity index (χ3n) is 3.68. The van der Waals surface area contributed by atoms with Crippen molar-refractivity contribution in [3.63, 3.8) is 0 Å². The number of rotatable bonds is 12. The molecule has 2 aromatic carbocycles. The van der Waals surface area contributed by atoms with Gasteiger partial charge in [0.2, 0.25) is 5.91 Å². The summed E-state index contributed by atoms with van der Waals surface area (Å²) < 4.78 is 4.96. The Labute approximate surface area is 202 Å². The monoisotopic (exact) mass is 519 g/mol. The number of carbonyl (C=O) groups is 2. The zero-order chi connectivity index (χ0) is 23.3. The number of nitrogens with one attached hydrogen (secondary N) is 2. The van der Waals surface area contributed by atoms with Gasteiger partial charge in [-0.25, -0.2) is 4.79 Å². The minimum Gasteiger partial charge on any atom is -0.448 e. The first-order valence-electron chi connectivity index (χ1n) is 9.14. The molecule has 0 saturated carbocycles. The van der Waals surface area contributed by atoms with Gasteiger partial charge in [0.25, 0.3) is 5.09 Å². The molecule has 2 rings (SSSR count). The second kappa shape index (κ2) is 13.9. The quantitative estimate of drug-likeness (QED) is 0.170. The van der Waals surface area contributed by atoms with E-state index in [1.807, 2.05) is 0 Å². The highest BCUT2D eigenvalue weighted by atomic mass is 35.5. The van der Waals surface area contributed by atoms with Crippen molar-refractivity contribution in [3.8, 4) is 0 Å². The molecule has 0 aliphatic carbocycles. The van der Waals surface area contributed by atoms with Crippen LogP contribution in [0.4, 0.5) is 16.2 Å². The fourth-order valence-corrected chi connectivity index (χ4v) is 4.48. The van der Waals surface area contributed by atoms with Gasteiger partial charge in [0.15, 0.2) is 0 Å². The van der Waals surface area contributed by atoms with E-state index in [1.54, 1.807) is 42.5 Å². The summed E-state index contributed by atoms with van der Waals surface area (Å²) in [6.45, 7) is 0.0650. The number of imide groups is 1. The van der Waals surface area contributed by atoms with Crippen molar-refractivity contribution < 1.29 is 24.3 Å². The molecule has 0 fully saturated rings. The van der Waals surface area contributed by atoms with E-state index in [0.29, 0.717) is 38.5 Å². The number of ether oxygens (including phenoxy) is 1. The van der Waals surface area contributed by atoms with Gasteiger partial charge in [-0.15, -0.1) is 10.1 Å². The number of carbonyl (C=O) groups excluding carboxylic acids is 2. The molecule has 0 spiro atoms. The second-order valence-electron chi connectivity index (χ2n) is 5.94. The fraction of sp³-hybridized carbons (Fsp3) is 0.263. The van der Waals surface area contributed by atoms with Crippen LogP contribution in [0.25, 0.3) is 0 Å². The third kappa shape index (κ3) is 9.43. The van der Waals surface area contributed by atoms with Crippen molar-refractivity contribution in [1.29, 1.82) is 0 Å². The number of alkyl carbamates (subject to hydrolysis) is 1. The Bertz CT molecular complexity index is 931. The lowest BCUT2D eigenvalue weighted by Crippen LogP contribution is -2.32. The molecule has 0 unspecified atom stereocenters. The Kier molecular flexibility index (Phi) is 11.3. The van der Waals surface area contributed by atoms with Gasteiger partial charge in [0.05, 0.1) is 22.2 Å². The minimum absolute atomic E-state index is 0.0144. The minimum atomic E-state index is -0.851. The number of halogens is 2. The molecular formula is C19H19Cl2N3O6S2. The highest BCUT2D eigenvalue weighted by Gasteiger charge is 2.14. The van der Waals surface area contributed by atoms with E-state index < -0.39 is 17.1 Å². The van der Waals surface area contributed by atoms with Gasteiger partial charge in [-0.2, -0.15) is 0 Å². The Hall–Kier alpha value is -2.34. The van der Waals surface area contributed by atoms with Crippen LogP contribution >= 0.6 is 44.8 Å². The Morgan fingerprint density at radius 1 is 1.00 bits per heavy atom. The first-order valence-corrected chi connectivity index (χ1v) is 12.4. The van der Waals surface area contributed by atoms with Crippen molar-refractivity contribution in [3.05, 3.63) is 68.2 Å². The van der Waals surface area contributed by atoms with E-state index in [2.05, 4.69) is 15.5 Å². The third-order valence-corrected chi connectivity index (χ3v) is 6.64. The molecule has 13 heteroatoms. The first kappa shape index (κ1) is 25.9. The molecule has 0 radical (unpaired) electrons. The molecule has 0 bridgehead atoms. The molecule has 0 heterocycles. The molecule has 32 heavy (non-hydrogen) atoms.